The highest BCUT2D eigenvalue weighted by Crippen LogP contribution is 2.17. The van der Waals surface area contributed by atoms with E-state index in [1.54, 1.807) is 6.07 Å². The number of hydrogen-bond donors (Lipinski definition) is 1. The molecule has 172 valence electrons. The normalized spacial score (nSPS) is 10.9. The molecule has 1 rings (SSSR count). The zero-order valence-electron chi connectivity index (χ0n) is 19.4. The molecule has 0 aliphatic carbocycles. The van der Waals surface area contributed by atoms with E-state index in [0.29, 0.717) is 12.0 Å². The van der Waals surface area contributed by atoms with Gasteiger partial charge in [0.15, 0.2) is 0 Å². The zero-order valence-corrected chi connectivity index (χ0v) is 19.4. The van der Waals surface area contributed by atoms with Crippen LogP contribution >= 0.6 is 0 Å². The van der Waals surface area contributed by atoms with E-state index in [-0.39, 0.29) is 18.2 Å². The van der Waals surface area contributed by atoms with Gasteiger partial charge in [-0.25, -0.2) is 4.39 Å². The molecule has 30 heavy (non-hydrogen) atoms. The minimum atomic E-state index is -0.311. The van der Waals surface area contributed by atoms with Gasteiger partial charge in [0.2, 0.25) is 0 Å². The summed E-state index contributed by atoms with van der Waals surface area (Å²) in [7, 11) is 1.35. The molecule has 0 spiro atoms. The third-order valence-electron chi connectivity index (χ3n) is 5.74. The Bertz CT molecular complexity index is 562. The SMILES string of the molecule is CCCCCCCCCCCCCCCCNc1ccc(CCC(=O)OC)c(F)c1. The van der Waals surface area contributed by atoms with Gasteiger partial charge in [0.1, 0.15) is 5.82 Å². The number of halogens is 1. The van der Waals surface area contributed by atoms with Crippen molar-refractivity contribution < 1.29 is 13.9 Å². The topological polar surface area (TPSA) is 38.3 Å². The molecule has 0 amide bonds. The van der Waals surface area contributed by atoms with Gasteiger partial charge in [0.05, 0.1) is 7.11 Å². The van der Waals surface area contributed by atoms with Gasteiger partial charge < -0.3 is 10.1 Å². The van der Waals surface area contributed by atoms with E-state index in [0.717, 1.165) is 18.7 Å². The van der Waals surface area contributed by atoms with Crippen LogP contribution in [0.5, 0.6) is 0 Å². The van der Waals surface area contributed by atoms with E-state index < -0.39 is 0 Å². The first-order valence-electron chi connectivity index (χ1n) is 12.3. The summed E-state index contributed by atoms with van der Waals surface area (Å²) in [6, 6.07) is 5.17. The largest absolute Gasteiger partial charge is 0.469 e. The number of nitrogens with one attached hydrogen (secondary N) is 1. The van der Waals surface area contributed by atoms with Crippen molar-refractivity contribution in [3.63, 3.8) is 0 Å². The van der Waals surface area contributed by atoms with Gasteiger partial charge in [-0.05, 0) is 30.5 Å². The second kappa shape index (κ2) is 18.2. The number of unbranched alkanes of at least 4 members (excludes halogenated alkanes) is 13. The number of ether oxygens (including phenoxy) is 1. The number of carbonyl (C=O) groups excluding carboxylic acids is 1. The number of esters is 1. The smallest absolute Gasteiger partial charge is 0.305 e. The monoisotopic (exact) mass is 421 g/mol. The molecule has 1 N–H and O–H groups in total. The first-order chi connectivity index (χ1) is 14.7. The Morgan fingerprint density at radius 3 is 1.90 bits per heavy atom. The fraction of sp³-hybridized carbons (Fsp3) is 0.731. The summed E-state index contributed by atoms with van der Waals surface area (Å²) in [6.07, 6.45) is 19.5. The quantitative estimate of drug-likeness (QED) is 0.183. The number of rotatable bonds is 19. The third kappa shape index (κ3) is 13.6. The average molecular weight is 422 g/mol. The van der Waals surface area contributed by atoms with Crippen molar-refractivity contribution in [3.8, 4) is 0 Å². The van der Waals surface area contributed by atoms with Gasteiger partial charge in [-0.3, -0.25) is 4.79 Å². The lowest BCUT2D eigenvalue weighted by molar-refractivity contribution is -0.140. The number of benzene rings is 1. The molecule has 0 heterocycles. The molecule has 0 bridgehead atoms. The van der Waals surface area contributed by atoms with Crippen LogP contribution in [0.15, 0.2) is 18.2 Å². The molecule has 1 aromatic carbocycles. The molecule has 0 fully saturated rings. The Morgan fingerprint density at radius 2 is 1.40 bits per heavy atom. The van der Waals surface area contributed by atoms with Crippen molar-refractivity contribution in [2.75, 3.05) is 19.0 Å². The van der Waals surface area contributed by atoms with E-state index in [1.807, 2.05) is 6.07 Å². The second-order valence-electron chi connectivity index (χ2n) is 8.41. The van der Waals surface area contributed by atoms with Gasteiger partial charge >= 0.3 is 5.97 Å². The molecule has 3 nitrogen and oxygen atoms in total. The Balaban J connectivity index is 1.95. The Labute approximate surface area is 184 Å². The van der Waals surface area contributed by atoms with Gasteiger partial charge in [-0.15, -0.1) is 0 Å². The van der Waals surface area contributed by atoms with Crippen LogP contribution in [0.4, 0.5) is 10.1 Å². The van der Waals surface area contributed by atoms with E-state index >= 15 is 0 Å². The predicted molar refractivity (Wildman–Crippen MR) is 126 cm³/mol. The molecule has 0 atom stereocenters. The van der Waals surface area contributed by atoms with Crippen molar-refractivity contribution in [1.29, 1.82) is 0 Å². The summed E-state index contributed by atoms with van der Waals surface area (Å²) in [6.45, 7) is 3.15. The minimum Gasteiger partial charge on any atom is -0.469 e. The highest BCUT2D eigenvalue weighted by molar-refractivity contribution is 5.69. The highest BCUT2D eigenvalue weighted by atomic mass is 19.1. The lowest BCUT2D eigenvalue weighted by Gasteiger charge is -2.09. The molecule has 0 saturated carbocycles. The van der Waals surface area contributed by atoms with Gasteiger partial charge in [-0.2, -0.15) is 0 Å². The van der Waals surface area contributed by atoms with Crippen LogP contribution in [0.2, 0.25) is 0 Å². The highest BCUT2D eigenvalue weighted by Gasteiger charge is 2.07. The average Bonchev–Trinajstić information content (AvgIpc) is 2.75. The van der Waals surface area contributed by atoms with Crippen LogP contribution in [-0.2, 0) is 16.0 Å². The molecular weight excluding hydrogens is 377 g/mol. The van der Waals surface area contributed by atoms with Crippen LogP contribution in [-0.4, -0.2) is 19.6 Å². The standard InChI is InChI=1S/C26H44FNO2/c1-3-4-5-6-7-8-9-10-11-12-13-14-15-16-21-28-24-19-17-23(25(27)22-24)18-20-26(29)30-2/h17,19,22,28H,3-16,18,20-21H2,1-2H3. The van der Waals surface area contributed by atoms with Crippen LogP contribution < -0.4 is 5.32 Å². The number of hydrogen-bond acceptors (Lipinski definition) is 3. The fourth-order valence-electron chi connectivity index (χ4n) is 3.75. The molecule has 1 aromatic rings. The maximum absolute atomic E-state index is 14.1. The van der Waals surface area contributed by atoms with Gasteiger partial charge in [0.25, 0.3) is 0 Å². The Kier molecular flexibility index (Phi) is 16.1. The molecule has 0 unspecified atom stereocenters. The Morgan fingerprint density at radius 1 is 0.867 bits per heavy atom. The number of aryl methyl sites for hydroxylation is 1. The van der Waals surface area contributed by atoms with Crippen molar-refractivity contribution in [2.24, 2.45) is 0 Å². The van der Waals surface area contributed by atoms with Crippen LogP contribution in [0.1, 0.15) is 109 Å². The first kappa shape index (κ1) is 26.5. The molecular formula is C26H44FNO2. The number of methoxy groups -OCH3 is 1. The lowest BCUT2D eigenvalue weighted by Crippen LogP contribution is -2.05. The lowest BCUT2D eigenvalue weighted by atomic mass is 10.0. The van der Waals surface area contributed by atoms with Crippen molar-refractivity contribution >= 4 is 11.7 Å². The summed E-state index contributed by atoms with van der Waals surface area (Å²) >= 11 is 0. The Hall–Kier alpha value is -1.58. The molecule has 0 aliphatic heterocycles. The van der Waals surface area contributed by atoms with Crippen LogP contribution in [0, 0.1) is 5.82 Å². The summed E-state index contributed by atoms with van der Waals surface area (Å²) < 4.78 is 18.7. The van der Waals surface area contributed by atoms with Crippen molar-refractivity contribution in [1.82, 2.24) is 0 Å². The summed E-state index contributed by atoms with van der Waals surface area (Å²) in [5.41, 5.74) is 1.37. The predicted octanol–water partition coefficient (Wildman–Crippen LogP) is 7.82. The third-order valence-corrected chi connectivity index (χ3v) is 5.74. The van der Waals surface area contributed by atoms with Crippen molar-refractivity contribution in [2.45, 2.75) is 110 Å². The fourth-order valence-corrected chi connectivity index (χ4v) is 3.75. The van der Waals surface area contributed by atoms with Crippen LogP contribution in [0.25, 0.3) is 0 Å². The number of carbonyl (C=O) groups is 1. The van der Waals surface area contributed by atoms with E-state index in [4.69, 9.17) is 0 Å². The van der Waals surface area contributed by atoms with Gasteiger partial charge in [0, 0.05) is 18.7 Å². The molecule has 4 heteroatoms. The minimum absolute atomic E-state index is 0.208. The van der Waals surface area contributed by atoms with E-state index in [1.165, 1.54) is 96.6 Å². The van der Waals surface area contributed by atoms with Gasteiger partial charge in [-0.1, -0.05) is 96.5 Å². The summed E-state index contributed by atoms with van der Waals surface area (Å²) in [4.78, 5) is 11.2. The molecule has 0 aromatic heterocycles. The van der Waals surface area contributed by atoms with Crippen molar-refractivity contribution in [3.05, 3.63) is 29.6 Å². The summed E-state index contributed by atoms with van der Waals surface area (Å²) in [5, 5.41) is 3.30. The molecule has 0 aliphatic rings. The number of anilines is 1. The summed E-state index contributed by atoms with van der Waals surface area (Å²) in [5.74, 6) is -0.570. The maximum atomic E-state index is 14.1. The second-order valence-corrected chi connectivity index (χ2v) is 8.41. The first-order valence-corrected chi connectivity index (χ1v) is 12.3. The molecule has 0 saturated heterocycles. The van der Waals surface area contributed by atoms with Crippen LogP contribution in [0.3, 0.4) is 0 Å². The van der Waals surface area contributed by atoms with E-state index in [2.05, 4.69) is 17.0 Å². The molecule has 0 radical (unpaired) electrons. The maximum Gasteiger partial charge on any atom is 0.305 e. The van der Waals surface area contributed by atoms with E-state index in [9.17, 15) is 9.18 Å². The zero-order chi connectivity index (χ0) is 21.9.